The normalized spacial score (nSPS) is 12.2. The van der Waals surface area contributed by atoms with Gasteiger partial charge in [0.2, 0.25) is 5.88 Å². The predicted octanol–water partition coefficient (Wildman–Crippen LogP) is 3.66. The van der Waals surface area contributed by atoms with Gasteiger partial charge in [0.05, 0.1) is 0 Å². The Balaban J connectivity index is 2.26. The number of nitrogens with two attached hydrogens (primary N) is 1. The van der Waals surface area contributed by atoms with E-state index < -0.39 is 0 Å². The Hall–Kier alpha value is -1.39. The molecule has 3 nitrogen and oxygen atoms in total. The van der Waals surface area contributed by atoms with Gasteiger partial charge in [-0.15, -0.1) is 0 Å². The average molecular weight is 293 g/mol. The minimum Gasteiger partial charge on any atom is -0.439 e. The Kier molecular flexibility index (Phi) is 3.76. The third-order valence-corrected chi connectivity index (χ3v) is 2.85. The maximum atomic E-state index is 5.86. The molecule has 0 aliphatic carbocycles. The Morgan fingerprint density at radius 1 is 1.24 bits per heavy atom. The van der Waals surface area contributed by atoms with Crippen LogP contribution in [-0.4, -0.2) is 4.98 Å². The SMILES string of the molecule is C[C@H](N)c1cccnc1Oc1ccc(Br)cc1. The number of halogens is 1. The van der Waals surface area contributed by atoms with Crippen molar-refractivity contribution in [1.29, 1.82) is 0 Å². The highest BCUT2D eigenvalue weighted by molar-refractivity contribution is 9.10. The molecule has 0 radical (unpaired) electrons. The predicted molar refractivity (Wildman–Crippen MR) is 71.1 cm³/mol. The second-order valence-corrected chi connectivity index (χ2v) is 4.66. The van der Waals surface area contributed by atoms with E-state index >= 15 is 0 Å². The number of pyridine rings is 1. The largest absolute Gasteiger partial charge is 0.439 e. The van der Waals surface area contributed by atoms with Crippen LogP contribution in [0.1, 0.15) is 18.5 Å². The lowest BCUT2D eigenvalue weighted by Gasteiger charge is -2.12. The zero-order valence-corrected chi connectivity index (χ0v) is 11.0. The highest BCUT2D eigenvalue weighted by Crippen LogP contribution is 2.26. The fourth-order valence-electron chi connectivity index (χ4n) is 1.45. The molecule has 1 aromatic heterocycles. The van der Waals surface area contributed by atoms with Gasteiger partial charge >= 0.3 is 0 Å². The fraction of sp³-hybridized carbons (Fsp3) is 0.154. The first-order valence-electron chi connectivity index (χ1n) is 5.31. The Morgan fingerprint density at radius 2 is 1.94 bits per heavy atom. The van der Waals surface area contributed by atoms with Crippen LogP contribution in [-0.2, 0) is 0 Å². The second-order valence-electron chi connectivity index (χ2n) is 3.74. The van der Waals surface area contributed by atoms with Crippen LogP contribution in [0.5, 0.6) is 11.6 Å². The lowest BCUT2D eigenvalue weighted by atomic mass is 10.1. The van der Waals surface area contributed by atoms with E-state index in [4.69, 9.17) is 10.5 Å². The fourth-order valence-corrected chi connectivity index (χ4v) is 1.71. The van der Waals surface area contributed by atoms with E-state index in [1.807, 2.05) is 43.3 Å². The second kappa shape index (κ2) is 5.29. The lowest BCUT2D eigenvalue weighted by Crippen LogP contribution is -2.07. The number of rotatable bonds is 3. The molecule has 0 spiro atoms. The third-order valence-electron chi connectivity index (χ3n) is 2.32. The average Bonchev–Trinajstić information content (AvgIpc) is 2.32. The van der Waals surface area contributed by atoms with Gasteiger partial charge in [-0.3, -0.25) is 0 Å². The molecule has 0 aliphatic heterocycles. The molecule has 1 heterocycles. The first kappa shape index (κ1) is 12.1. The van der Waals surface area contributed by atoms with Gasteiger partial charge in [-0.25, -0.2) is 4.98 Å². The van der Waals surface area contributed by atoms with Crippen LogP contribution in [0, 0.1) is 0 Å². The van der Waals surface area contributed by atoms with E-state index in [1.165, 1.54) is 0 Å². The standard InChI is InChI=1S/C13H13BrN2O/c1-9(15)12-3-2-8-16-13(12)17-11-6-4-10(14)5-7-11/h2-9H,15H2,1H3/t9-/m0/s1. The summed E-state index contributed by atoms with van der Waals surface area (Å²) >= 11 is 3.38. The van der Waals surface area contributed by atoms with Crippen molar-refractivity contribution in [2.45, 2.75) is 13.0 Å². The summed E-state index contributed by atoms with van der Waals surface area (Å²) in [5, 5.41) is 0. The monoisotopic (exact) mass is 292 g/mol. The molecule has 0 saturated heterocycles. The van der Waals surface area contributed by atoms with E-state index in [2.05, 4.69) is 20.9 Å². The van der Waals surface area contributed by atoms with Crippen LogP contribution in [0.2, 0.25) is 0 Å². The van der Waals surface area contributed by atoms with Crippen molar-refractivity contribution in [2.75, 3.05) is 0 Å². The van der Waals surface area contributed by atoms with Crippen molar-refractivity contribution >= 4 is 15.9 Å². The molecule has 0 fully saturated rings. The summed E-state index contributed by atoms with van der Waals surface area (Å²) in [6, 6.07) is 11.3. The minimum atomic E-state index is -0.103. The smallest absolute Gasteiger partial charge is 0.223 e. The van der Waals surface area contributed by atoms with Crippen molar-refractivity contribution < 1.29 is 4.74 Å². The van der Waals surface area contributed by atoms with Crippen LogP contribution in [0.3, 0.4) is 0 Å². The number of nitrogens with zero attached hydrogens (tertiary/aromatic N) is 1. The minimum absolute atomic E-state index is 0.103. The number of hydrogen-bond acceptors (Lipinski definition) is 3. The van der Waals surface area contributed by atoms with E-state index in [0.717, 1.165) is 15.8 Å². The van der Waals surface area contributed by atoms with Gasteiger partial charge in [0.15, 0.2) is 0 Å². The van der Waals surface area contributed by atoms with Gasteiger partial charge in [0.25, 0.3) is 0 Å². The summed E-state index contributed by atoms with van der Waals surface area (Å²) in [7, 11) is 0. The molecule has 2 aromatic rings. The topological polar surface area (TPSA) is 48.1 Å². The zero-order valence-electron chi connectivity index (χ0n) is 9.43. The summed E-state index contributed by atoms with van der Waals surface area (Å²) in [5.41, 5.74) is 6.76. The first-order chi connectivity index (χ1) is 8.16. The molecule has 17 heavy (non-hydrogen) atoms. The van der Waals surface area contributed by atoms with Gasteiger partial charge in [-0.1, -0.05) is 22.0 Å². The Labute approximate surface area is 109 Å². The maximum Gasteiger partial charge on any atom is 0.223 e. The third kappa shape index (κ3) is 3.05. The molecule has 0 bridgehead atoms. The van der Waals surface area contributed by atoms with Crippen LogP contribution in [0.15, 0.2) is 47.1 Å². The van der Waals surface area contributed by atoms with Gasteiger partial charge in [-0.05, 0) is 37.3 Å². The highest BCUT2D eigenvalue weighted by Gasteiger charge is 2.09. The van der Waals surface area contributed by atoms with Crippen LogP contribution in [0.25, 0.3) is 0 Å². The van der Waals surface area contributed by atoms with Crippen LogP contribution < -0.4 is 10.5 Å². The summed E-state index contributed by atoms with van der Waals surface area (Å²) in [6.45, 7) is 1.91. The van der Waals surface area contributed by atoms with Crippen molar-refractivity contribution in [2.24, 2.45) is 5.73 Å². The van der Waals surface area contributed by atoms with Gasteiger partial charge < -0.3 is 10.5 Å². The van der Waals surface area contributed by atoms with E-state index in [0.29, 0.717) is 5.88 Å². The van der Waals surface area contributed by atoms with Crippen LogP contribution in [0.4, 0.5) is 0 Å². The molecule has 2 rings (SSSR count). The Bertz CT molecular complexity index is 497. The van der Waals surface area contributed by atoms with Crippen molar-refractivity contribution in [3.05, 3.63) is 52.6 Å². The van der Waals surface area contributed by atoms with Crippen molar-refractivity contribution in [1.82, 2.24) is 4.98 Å². The van der Waals surface area contributed by atoms with E-state index in [9.17, 15) is 0 Å². The molecule has 0 aliphatic rings. The molecule has 4 heteroatoms. The molecule has 0 unspecified atom stereocenters. The molecule has 0 saturated carbocycles. The van der Waals surface area contributed by atoms with Gasteiger partial charge in [0, 0.05) is 22.3 Å². The molecule has 88 valence electrons. The van der Waals surface area contributed by atoms with Crippen molar-refractivity contribution in [3.8, 4) is 11.6 Å². The summed E-state index contributed by atoms with van der Waals surface area (Å²) in [6.07, 6.45) is 1.69. The molecule has 2 N–H and O–H groups in total. The number of aromatic nitrogens is 1. The number of hydrogen-bond donors (Lipinski definition) is 1. The first-order valence-corrected chi connectivity index (χ1v) is 6.10. The zero-order chi connectivity index (χ0) is 12.3. The molecule has 0 amide bonds. The number of ether oxygens (including phenoxy) is 1. The quantitative estimate of drug-likeness (QED) is 0.939. The summed E-state index contributed by atoms with van der Waals surface area (Å²) < 4.78 is 6.73. The van der Waals surface area contributed by atoms with Crippen LogP contribution >= 0.6 is 15.9 Å². The molecule has 1 aromatic carbocycles. The molecular weight excluding hydrogens is 280 g/mol. The number of benzene rings is 1. The maximum absolute atomic E-state index is 5.86. The molecular formula is C13H13BrN2O. The van der Waals surface area contributed by atoms with Crippen molar-refractivity contribution in [3.63, 3.8) is 0 Å². The van der Waals surface area contributed by atoms with Gasteiger partial charge in [-0.2, -0.15) is 0 Å². The van der Waals surface area contributed by atoms with E-state index in [-0.39, 0.29) is 6.04 Å². The summed E-state index contributed by atoms with van der Waals surface area (Å²) in [5.74, 6) is 1.30. The lowest BCUT2D eigenvalue weighted by molar-refractivity contribution is 0.452. The Morgan fingerprint density at radius 3 is 2.59 bits per heavy atom. The highest BCUT2D eigenvalue weighted by atomic mass is 79.9. The molecule has 1 atom stereocenters. The van der Waals surface area contributed by atoms with E-state index in [1.54, 1.807) is 6.20 Å². The van der Waals surface area contributed by atoms with Gasteiger partial charge in [0.1, 0.15) is 5.75 Å². The summed E-state index contributed by atoms with van der Waals surface area (Å²) in [4.78, 5) is 4.20.